The summed E-state index contributed by atoms with van der Waals surface area (Å²) in [5.74, 6) is -0.524. The molecule has 1 heterocycles. The Balaban J connectivity index is 2.09. The fourth-order valence-electron chi connectivity index (χ4n) is 3.68. The third kappa shape index (κ3) is 6.88. The zero-order valence-electron chi connectivity index (χ0n) is 19.1. The smallest absolute Gasteiger partial charge is 0.334 e. The predicted molar refractivity (Wildman–Crippen MR) is 139 cm³/mol. The van der Waals surface area contributed by atoms with Gasteiger partial charge in [-0.3, -0.25) is 4.79 Å². The second kappa shape index (κ2) is 12.8. The highest BCUT2D eigenvalue weighted by atomic mass is 35.5. The van der Waals surface area contributed by atoms with Crippen molar-refractivity contribution in [1.82, 2.24) is 4.98 Å². The molecule has 0 saturated heterocycles. The number of aromatic nitrogens is 1. The Labute approximate surface area is 219 Å². The van der Waals surface area contributed by atoms with Crippen molar-refractivity contribution in [3.63, 3.8) is 0 Å². The van der Waals surface area contributed by atoms with Gasteiger partial charge in [0, 0.05) is 23.4 Å². The number of ether oxygens (including phenoxy) is 2. The van der Waals surface area contributed by atoms with Crippen LogP contribution in [0.25, 0.3) is 0 Å². The molecular formula is C26H25Cl3N2O4. The topological polar surface area (TPSA) is 68.7 Å². The Morgan fingerprint density at radius 3 is 2.37 bits per heavy atom. The Morgan fingerprint density at radius 2 is 1.71 bits per heavy atom. The molecule has 184 valence electrons. The highest BCUT2D eigenvalue weighted by molar-refractivity contribution is 6.37. The molecule has 0 unspecified atom stereocenters. The van der Waals surface area contributed by atoms with E-state index in [0.717, 1.165) is 18.4 Å². The summed E-state index contributed by atoms with van der Waals surface area (Å²) in [6, 6.07) is 6.53. The number of carbonyl (C=O) groups is 2. The lowest BCUT2D eigenvalue weighted by atomic mass is 9.90. The summed E-state index contributed by atoms with van der Waals surface area (Å²) in [5.41, 5.74) is 1.86. The number of pyridine rings is 1. The van der Waals surface area contributed by atoms with Crippen molar-refractivity contribution in [3.8, 4) is 5.75 Å². The Bertz CT molecular complexity index is 1150. The molecule has 9 heteroatoms. The number of carbonyl (C=O) groups excluding carboxylic acids is 2. The highest BCUT2D eigenvalue weighted by Crippen LogP contribution is 2.39. The summed E-state index contributed by atoms with van der Waals surface area (Å²) in [4.78, 5) is 32.3. The minimum atomic E-state index is -0.515. The molecule has 6 nitrogen and oxygen atoms in total. The van der Waals surface area contributed by atoms with Gasteiger partial charge < -0.3 is 14.4 Å². The summed E-state index contributed by atoms with van der Waals surface area (Å²) >= 11 is 18.8. The number of anilines is 1. The number of benzene rings is 1. The molecule has 1 aliphatic rings. The first-order chi connectivity index (χ1) is 16.8. The molecule has 0 fully saturated rings. The van der Waals surface area contributed by atoms with Crippen molar-refractivity contribution in [2.24, 2.45) is 0 Å². The molecule has 0 bridgehead atoms. The quantitative estimate of drug-likeness (QED) is 0.191. The summed E-state index contributed by atoms with van der Waals surface area (Å²) in [6.45, 7) is 7.64. The maximum Gasteiger partial charge on any atom is 0.334 e. The third-order valence-corrected chi connectivity index (χ3v) is 6.15. The van der Waals surface area contributed by atoms with Crippen LogP contribution in [0.2, 0.25) is 15.2 Å². The highest BCUT2D eigenvalue weighted by Gasteiger charge is 2.30. The van der Waals surface area contributed by atoms with E-state index in [1.54, 1.807) is 30.5 Å². The Morgan fingerprint density at radius 1 is 1.00 bits per heavy atom. The van der Waals surface area contributed by atoms with Gasteiger partial charge in [0.1, 0.15) is 24.1 Å². The van der Waals surface area contributed by atoms with Crippen molar-refractivity contribution in [3.05, 3.63) is 87.7 Å². The second-order valence-electron chi connectivity index (χ2n) is 7.77. The van der Waals surface area contributed by atoms with Gasteiger partial charge in [-0.05, 0) is 43.4 Å². The standard InChI is InChI=1S/C26H25Cl3N2O4/c1-3-11-34-23-14-22(20(27)13-21(23)28)31(16-17-9-10-24(29)30-15-17)25(32)18-7-5-6-8-19(18)26(33)35-12-4-2/h3-4,9-10,13-15H,1-2,5-8,11-12,16H2. The molecule has 3 rings (SSSR count). The Kier molecular flexibility index (Phi) is 9.78. The summed E-state index contributed by atoms with van der Waals surface area (Å²) in [6.07, 6.45) is 7.11. The number of esters is 1. The molecule has 0 spiro atoms. The number of nitrogens with zero attached hydrogens (tertiary/aromatic N) is 2. The van der Waals surface area contributed by atoms with Crippen molar-refractivity contribution in [2.75, 3.05) is 18.1 Å². The lowest BCUT2D eigenvalue weighted by Crippen LogP contribution is -2.34. The minimum absolute atomic E-state index is 0.0664. The van der Waals surface area contributed by atoms with Crippen molar-refractivity contribution in [1.29, 1.82) is 0 Å². The van der Waals surface area contributed by atoms with Gasteiger partial charge in [-0.2, -0.15) is 0 Å². The van der Waals surface area contributed by atoms with Gasteiger partial charge >= 0.3 is 5.97 Å². The fraction of sp³-hybridized carbons (Fsp3) is 0.269. The van der Waals surface area contributed by atoms with E-state index >= 15 is 0 Å². The molecule has 0 aliphatic heterocycles. The van der Waals surface area contributed by atoms with Crippen LogP contribution in [0.4, 0.5) is 5.69 Å². The first kappa shape index (κ1) is 26.8. The van der Waals surface area contributed by atoms with E-state index in [1.165, 1.54) is 17.0 Å². The molecular weight excluding hydrogens is 511 g/mol. The molecule has 0 radical (unpaired) electrons. The first-order valence-corrected chi connectivity index (χ1v) is 12.1. The van der Waals surface area contributed by atoms with E-state index in [1.807, 2.05) is 0 Å². The number of hydrogen-bond donors (Lipinski definition) is 0. The molecule has 1 aromatic heterocycles. The van der Waals surface area contributed by atoms with E-state index in [2.05, 4.69) is 18.1 Å². The molecule has 0 saturated carbocycles. The van der Waals surface area contributed by atoms with Crippen LogP contribution in [0, 0.1) is 0 Å². The first-order valence-electron chi connectivity index (χ1n) is 11.0. The lowest BCUT2D eigenvalue weighted by Gasteiger charge is -2.28. The fourth-order valence-corrected chi connectivity index (χ4v) is 4.34. The van der Waals surface area contributed by atoms with Crippen LogP contribution in [-0.4, -0.2) is 30.1 Å². The lowest BCUT2D eigenvalue weighted by molar-refractivity contribution is -0.138. The number of hydrogen-bond acceptors (Lipinski definition) is 5. The largest absolute Gasteiger partial charge is 0.488 e. The molecule has 1 aliphatic carbocycles. The van der Waals surface area contributed by atoms with Crippen LogP contribution in [0.5, 0.6) is 5.75 Å². The molecule has 0 N–H and O–H groups in total. The van der Waals surface area contributed by atoms with Gasteiger partial charge in [-0.15, -0.1) is 0 Å². The molecule has 1 aromatic carbocycles. The average molecular weight is 536 g/mol. The number of halogens is 3. The summed E-state index contributed by atoms with van der Waals surface area (Å²) in [7, 11) is 0. The maximum atomic E-state index is 14.0. The van der Waals surface area contributed by atoms with Crippen molar-refractivity contribution < 1.29 is 19.1 Å². The van der Waals surface area contributed by atoms with Crippen LogP contribution in [0.15, 0.2) is 66.9 Å². The van der Waals surface area contributed by atoms with Crippen LogP contribution in [0.1, 0.15) is 31.2 Å². The van der Waals surface area contributed by atoms with Crippen LogP contribution in [-0.2, 0) is 20.9 Å². The van der Waals surface area contributed by atoms with Gasteiger partial charge in [-0.25, -0.2) is 9.78 Å². The number of amides is 1. The predicted octanol–water partition coefficient (Wildman–Crippen LogP) is 6.74. The van der Waals surface area contributed by atoms with Gasteiger partial charge in [0.15, 0.2) is 0 Å². The van der Waals surface area contributed by atoms with Gasteiger partial charge in [0.2, 0.25) is 0 Å². The molecule has 1 amide bonds. The SMILES string of the molecule is C=CCOC(=O)C1=C(C(=O)N(Cc2ccc(Cl)nc2)c2cc(OCC=C)c(Cl)cc2Cl)CCCC1. The van der Waals surface area contributed by atoms with Gasteiger partial charge in [0.05, 0.1) is 22.3 Å². The van der Waals surface area contributed by atoms with Crippen LogP contribution in [0.3, 0.4) is 0 Å². The Hall–Kier alpha value is -2.80. The molecule has 2 aromatic rings. The van der Waals surface area contributed by atoms with Crippen LogP contribution >= 0.6 is 34.8 Å². The van der Waals surface area contributed by atoms with E-state index in [-0.39, 0.29) is 30.7 Å². The normalized spacial score (nSPS) is 13.2. The van der Waals surface area contributed by atoms with Crippen LogP contribution < -0.4 is 9.64 Å². The third-order valence-electron chi connectivity index (χ3n) is 5.33. The van der Waals surface area contributed by atoms with Crippen molar-refractivity contribution >= 4 is 52.4 Å². The van der Waals surface area contributed by atoms with E-state index in [4.69, 9.17) is 44.3 Å². The van der Waals surface area contributed by atoms with Gasteiger partial charge in [0.25, 0.3) is 5.91 Å². The molecule has 35 heavy (non-hydrogen) atoms. The van der Waals surface area contributed by atoms with E-state index in [9.17, 15) is 9.59 Å². The second-order valence-corrected chi connectivity index (χ2v) is 8.97. The maximum absolute atomic E-state index is 14.0. The zero-order valence-corrected chi connectivity index (χ0v) is 21.3. The zero-order chi connectivity index (χ0) is 25.4. The van der Waals surface area contributed by atoms with E-state index in [0.29, 0.717) is 45.6 Å². The van der Waals surface area contributed by atoms with E-state index < -0.39 is 5.97 Å². The molecule has 0 atom stereocenters. The minimum Gasteiger partial charge on any atom is -0.488 e. The summed E-state index contributed by atoms with van der Waals surface area (Å²) < 4.78 is 10.9. The van der Waals surface area contributed by atoms with Crippen molar-refractivity contribution in [2.45, 2.75) is 32.2 Å². The monoisotopic (exact) mass is 534 g/mol. The van der Waals surface area contributed by atoms with Gasteiger partial charge in [-0.1, -0.05) is 66.2 Å². The average Bonchev–Trinajstić information content (AvgIpc) is 2.86. The summed E-state index contributed by atoms with van der Waals surface area (Å²) in [5, 5.41) is 0.883. The number of rotatable bonds is 10.